The Morgan fingerprint density at radius 1 is 0.947 bits per heavy atom. The van der Waals surface area contributed by atoms with Crippen molar-refractivity contribution < 1.29 is 4.79 Å². The summed E-state index contributed by atoms with van der Waals surface area (Å²) >= 11 is 0. The Morgan fingerprint density at radius 3 is 2.05 bits per heavy atom. The molecule has 98 valence electrons. The molecule has 0 amide bonds. The lowest BCUT2D eigenvalue weighted by Gasteiger charge is -2.12. The van der Waals surface area contributed by atoms with Gasteiger partial charge in [0.2, 0.25) is 0 Å². The molecular formula is C16H18N2O. The Labute approximate surface area is 113 Å². The minimum absolute atomic E-state index is 0.0486. The maximum absolute atomic E-state index is 12.6. The van der Waals surface area contributed by atoms with Crippen molar-refractivity contribution in [1.82, 2.24) is 0 Å². The van der Waals surface area contributed by atoms with Crippen LogP contribution in [0.3, 0.4) is 0 Å². The first-order valence-electron chi connectivity index (χ1n) is 6.17. The van der Waals surface area contributed by atoms with Crippen molar-refractivity contribution >= 4 is 17.2 Å². The van der Waals surface area contributed by atoms with Crippen LogP contribution in [0, 0.1) is 20.8 Å². The van der Waals surface area contributed by atoms with E-state index in [1.165, 1.54) is 0 Å². The molecule has 0 aliphatic rings. The van der Waals surface area contributed by atoms with Gasteiger partial charge in [0.1, 0.15) is 0 Å². The van der Waals surface area contributed by atoms with Gasteiger partial charge in [0.05, 0.1) is 0 Å². The molecule has 2 aromatic carbocycles. The molecule has 0 unspecified atom stereocenters. The van der Waals surface area contributed by atoms with Crippen molar-refractivity contribution in [3.63, 3.8) is 0 Å². The van der Waals surface area contributed by atoms with Gasteiger partial charge in [-0.25, -0.2) is 0 Å². The lowest BCUT2D eigenvalue weighted by atomic mass is 9.92. The number of ketones is 1. The molecule has 0 heterocycles. The zero-order valence-corrected chi connectivity index (χ0v) is 11.4. The number of aryl methyl sites for hydroxylation is 3. The zero-order chi connectivity index (χ0) is 14.2. The first-order valence-corrected chi connectivity index (χ1v) is 6.17. The molecule has 0 saturated heterocycles. The summed E-state index contributed by atoms with van der Waals surface area (Å²) in [7, 11) is 0. The standard InChI is InChI=1S/C16H18N2O/c1-9-6-10(2)15(11(3)7-9)16(19)13-5-4-12(17)8-14(13)18/h4-8H,17-18H2,1-3H3. The van der Waals surface area contributed by atoms with Gasteiger partial charge in [-0.15, -0.1) is 0 Å². The molecule has 2 rings (SSSR count). The van der Waals surface area contributed by atoms with Crippen molar-refractivity contribution in [3.05, 3.63) is 58.1 Å². The van der Waals surface area contributed by atoms with Gasteiger partial charge in [0.25, 0.3) is 0 Å². The quantitative estimate of drug-likeness (QED) is 0.639. The fourth-order valence-electron chi connectivity index (χ4n) is 2.46. The molecule has 0 aliphatic carbocycles. The summed E-state index contributed by atoms with van der Waals surface area (Å²) in [6.07, 6.45) is 0. The van der Waals surface area contributed by atoms with Gasteiger partial charge in [-0.2, -0.15) is 0 Å². The third-order valence-corrected chi connectivity index (χ3v) is 3.22. The predicted molar refractivity (Wildman–Crippen MR) is 79.4 cm³/mol. The van der Waals surface area contributed by atoms with Gasteiger partial charge in [-0.1, -0.05) is 17.7 Å². The van der Waals surface area contributed by atoms with Gasteiger partial charge < -0.3 is 11.5 Å². The van der Waals surface area contributed by atoms with Crippen molar-refractivity contribution in [2.75, 3.05) is 11.5 Å². The molecule has 3 heteroatoms. The van der Waals surface area contributed by atoms with E-state index < -0.39 is 0 Å². The maximum atomic E-state index is 12.6. The summed E-state index contributed by atoms with van der Waals surface area (Å²) in [5, 5.41) is 0. The monoisotopic (exact) mass is 254 g/mol. The largest absolute Gasteiger partial charge is 0.399 e. The molecule has 2 aromatic rings. The average molecular weight is 254 g/mol. The number of carbonyl (C=O) groups is 1. The fraction of sp³-hybridized carbons (Fsp3) is 0.188. The Kier molecular flexibility index (Phi) is 3.30. The highest BCUT2D eigenvalue weighted by Gasteiger charge is 2.17. The van der Waals surface area contributed by atoms with Gasteiger partial charge in [0, 0.05) is 22.5 Å². The first-order chi connectivity index (χ1) is 8.90. The molecule has 0 fully saturated rings. The first kappa shape index (κ1) is 13.1. The lowest BCUT2D eigenvalue weighted by Crippen LogP contribution is -2.09. The second-order valence-corrected chi connectivity index (χ2v) is 4.95. The second kappa shape index (κ2) is 4.76. The predicted octanol–water partition coefficient (Wildman–Crippen LogP) is 3.01. The molecule has 0 atom stereocenters. The average Bonchev–Trinajstić information content (AvgIpc) is 2.26. The highest BCUT2D eigenvalue weighted by molar-refractivity contribution is 6.13. The molecule has 0 radical (unpaired) electrons. The molecule has 19 heavy (non-hydrogen) atoms. The number of hydrogen-bond donors (Lipinski definition) is 2. The topological polar surface area (TPSA) is 69.1 Å². The third-order valence-electron chi connectivity index (χ3n) is 3.22. The van der Waals surface area contributed by atoms with Gasteiger partial charge in [0.15, 0.2) is 5.78 Å². The number of anilines is 2. The Hall–Kier alpha value is -2.29. The van der Waals surface area contributed by atoms with E-state index in [9.17, 15) is 4.79 Å². The van der Waals surface area contributed by atoms with Crippen molar-refractivity contribution in [3.8, 4) is 0 Å². The normalized spacial score (nSPS) is 10.5. The van der Waals surface area contributed by atoms with E-state index in [0.29, 0.717) is 16.9 Å². The van der Waals surface area contributed by atoms with Crippen LogP contribution in [0.5, 0.6) is 0 Å². The summed E-state index contributed by atoms with van der Waals surface area (Å²) in [6.45, 7) is 5.91. The number of nitrogens with two attached hydrogens (primary N) is 2. The van der Waals surface area contributed by atoms with Gasteiger partial charge in [-0.05, 0) is 50.1 Å². The van der Waals surface area contributed by atoms with E-state index in [2.05, 4.69) is 0 Å². The van der Waals surface area contributed by atoms with Crippen LogP contribution < -0.4 is 11.5 Å². The van der Waals surface area contributed by atoms with Crippen LogP contribution in [0.15, 0.2) is 30.3 Å². The Balaban J connectivity index is 2.56. The van der Waals surface area contributed by atoms with Crippen molar-refractivity contribution in [2.24, 2.45) is 0 Å². The van der Waals surface area contributed by atoms with E-state index in [-0.39, 0.29) is 5.78 Å². The van der Waals surface area contributed by atoms with Crippen molar-refractivity contribution in [2.45, 2.75) is 20.8 Å². The molecule has 0 saturated carbocycles. The Bertz CT molecular complexity index is 637. The molecule has 0 aromatic heterocycles. The summed E-state index contributed by atoms with van der Waals surface area (Å²) < 4.78 is 0. The number of hydrogen-bond acceptors (Lipinski definition) is 3. The number of rotatable bonds is 2. The van der Waals surface area contributed by atoms with Crippen LogP contribution in [0.1, 0.15) is 32.6 Å². The Morgan fingerprint density at radius 2 is 1.53 bits per heavy atom. The third kappa shape index (κ3) is 2.45. The summed E-state index contributed by atoms with van der Waals surface area (Å²) in [6, 6.07) is 9.02. The van der Waals surface area contributed by atoms with Crippen LogP contribution in [0.2, 0.25) is 0 Å². The smallest absolute Gasteiger partial charge is 0.195 e. The summed E-state index contributed by atoms with van der Waals surface area (Å²) in [5.41, 5.74) is 16.8. The summed E-state index contributed by atoms with van der Waals surface area (Å²) in [5.74, 6) is -0.0486. The van der Waals surface area contributed by atoms with E-state index >= 15 is 0 Å². The maximum Gasteiger partial charge on any atom is 0.195 e. The molecule has 0 spiro atoms. The second-order valence-electron chi connectivity index (χ2n) is 4.95. The van der Waals surface area contributed by atoms with Crippen LogP contribution in [0.4, 0.5) is 11.4 Å². The highest BCUT2D eigenvalue weighted by Crippen LogP contribution is 2.24. The SMILES string of the molecule is Cc1cc(C)c(C(=O)c2ccc(N)cc2N)c(C)c1. The molecule has 0 bridgehead atoms. The molecular weight excluding hydrogens is 236 g/mol. The van der Waals surface area contributed by atoms with E-state index in [1.54, 1.807) is 18.2 Å². The van der Waals surface area contributed by atoms with Crippen LogP contribution in [-0.2, 0) is 0 Å². The number of benzene rings is 2. The van der Waals surface area contributed by atoms with Crippen LogP contribution in [0.25, 0.3) is 0 Å². The minimum Gasteiger partial charge on any atom is -0.399 e. The molecule has 3 nitrogen and oxygen atoms in total. The van der Waals surface area contributed by atoms with Crippen LogP contribution in [-0.4, -0.2) is 5.78 Å². The van der Waals surface area contributed by atoms with Gasteiger partial charge >= 0.3 is 0 Å². The molecule has 0 aliphatic heterocycles. The zero-order valence-electron chi connectivity index (χ0n) is 11.4. The van der Waals surface area contributed by atoms with E-state index in [4.69, 9.17) is 11.5 Å². The van der Waals surface area contributed by atoms with E-state index in [1.807, 2.05) is 32.9 Å². The van der Waals surface area contributed by atoms with Crippen molar-refractivity contribution in [1.29, 1.82) is 0 Å². The summed E-state index contributed by atoms with van der Waals surface area (Å²) in [4.78, 5) is 12.6. The lowest BCUT2D eigenvalue weighted by molar-refractivity contribution is 0.103. The number of carbonyl (C=O) groups excluding carboxylic acids is 1. The van der Waals surface area contributed by atoms with E-state index in [0.717, 1.165) is 22.3 Å². The molecule has 4 N–H and O–H groups in total. The fourth-order valence-corrected chi connectivity index (χ4v) is 2.46. The van der Waals surface area contributed by atoms with Crippen LogP contribution >= 0.6 is 0 Å². The minimum atomic E-state index is -0.0486. The van der Waals surface area contributed by atoms with Gasteiger partial charge in [-0.3, -0.25) is 4.79 Å². The highest BCUT2D eigenvalue weighted by atomic mass is 16.1. The number of nitrogen functional groups attached to an aromatic ring is 2.